The van der Waals surface area contributed by atoms with Crippen molar-refractivity contribution >= 4 is 36.5 Å². The average molecular weight is 278 g/mol. The predicted octanol–water partition coefficient (Wildman–Crippen LogP) is 2.67. The topological polar surface area (TPSA) is 54.5 Å². The highest BCUT2D eigenvalue weighted by atomic mass is 31.0. The minimum atomic E-state index is 0.881. The molecule has 20 heavy (non-hydrogen) atoms. The Morgan fingerprint density at radius 3 is 2.65 bits per heavy atom. The number of fused-ring (bicyclic) bond motifs is 3. The monoisotopic (exact) mass is 278 g/mol. The van der Waals surface area contributed by atoms with E-state index in [9.17, 15) is 0 Å². The van der Waals surface area contributed by atoms with Crippen LogP contribution in [0.5, 0.6) is 0 Å². The van der Waals surface area contributed by atoms with Gasteiger partial charge in [0.05, 0.1) is 11.2 Å². The van der Waals surface area contributed by atoms with Crippen LogP contribution in [0.25, 0.3) is 33.2 Å². The predicted molar refractivity (Wildman–Crippen MR) is 84.0 cm³/mol. The zero-order valence-electron chi connectivity index (χ0n) is 10.5. The van der Waals surface area contributed by atoms with Crippen LogP contribution in [0, 0.1) is 0 Å². The molecular formula is C15H11N4P. The maximum atomic E-state index is 4.72. The third kappa shape index (κ3) is 1.69. The Labute approximate surface area is 117 Å². The second-order valence-corrected chi connectivity index (χ2v) is 5.22. The zero-order valence-corrected chi connectivity index (χ0v) is 11.7. The Bertz CT molecular complexity index is 929. The molecule has 1 unspecified atom stereocenters. The normalized spacial score (nSPS) is 11.2. The van der Waals surface area contributed by atoms with Gasteiger partial charge in [-0.2, -0.15) is 0 Å². The maximum Gasteiger partial charge on any atom is 0.139 e. The Kier molecular flexibility index (Phi) is 2.51. The number of nitrogens with one attached hydrogen (secondary N) is 1. The summed E-state index contributed by atoms with van der Waals surface area (Å²) in [7, 11) is 2.70. The summed E-state index contributed by atoms with van der Waals surface area (Å²) in [5.41, 5.74) is 3.94. The summed E-state index contributed by atoms with van der Waals surface area (Å²) >= 11 is 0. The van der Waals surface area contributed by atoms with E-state index in [1.54, 1.807) is 12.4 Å². The van der Waals surface area contributed by atoms with Gasteiger partial charge in [0.25, 0.3) is 0 Å². The van der Waals surface area contributed by atoms with Crippen LogP contribution < -0.4 is 5.30 Å². The van der Waals surface area contributed by atoms with Gasteiger partial charge in [0.15, 0.2) is 0 Å². The fourth-order valence-corrected chi connectivity index (χ4v) is 2.74. The molecule has 0 fully saturated rings. The van der Waals surface area contributed by atoms with Crippen LogP contribution in [0.15, 0.2) is 49.1 Å². The van der Waals surface area contributed by atoms with E-state index in [1.165, 1.54) is 0 Å². The van der Waals surface area contributed by atoms with E-state index in [-0.39, 0.29) is 0 Å². The largest absolute Gasteiger partial charge is 0.339 e. The number of nitrogens with zero attached hydrogens (tertiary/aromatic N) is 3. The van der Waals surface area contributed by atoms with Gasteiger partial charge in [-0.3, -0.25) is 9.97 Å². The van der Waals surface area contributed by atoms with Gasteiger partial charge in [-0.05, 0) is 29.6 Å². The molecule has 0 amide bonds. The van der Waals surface area contributed by atoms with E-state index < -0.39 is 0 Å². The van der Waals surface area contributed by atoms with Crippen LogP contribution in [0.3, 0.4) is 0 Å². The van der Waals surface area contributed by atoms with Crippen LogP contribution in [0.4, 0.5) is 0 Å². The number of aromatic amines is 1. The summed E-state index contributed by atoms with van der Waals surface area (Å²) in [5.74, 6) is 0. The summed E-state index contributed by atoms with van der Waals surface area (Å²) in [4.78, 5) is 16.3. The molecule has 0 radical (unpaired) electrons. The van der Waals surface area contributed by atoms with Crippen molar-refractivity contribution in [1.29, 1.82) is 0 Å². The number of hydrogen-bond donors (Lipinski definition) is 1. The molecule has 0 aliphatic heterocycles. The van der Waals surface area contributed by atoms with E-state index in [4.69, 9.17) is 4.98 Å². The number of hydrogen-bond acceptors (Lipinski definition) is 3. The Morgan fingerprint density at radius 1 is 0.900 bits per heavy atom. The molecule has 4 rings (SSSR count). The smallest absolute Gasteiger partial charge is 0.139 e. The Hall–Kier alpha value is -2.32. The lowest BCUT2D eigenvalue weighted by Crippen LogP contribution is -1.99. The highest BCUT2D eigenvalue weighted by molar-refractivity contribution is 7.27. The van der Waals surface area contributed by atoms with Gasteiger partial charge in [-0.15, -0.1) is 9.24 Å². The van der Waals surface area contributed by atoms with Crippen molar-refractivity contribution in [2.75, 3.05) is 0 Å². The zero-order chi connectivity index (χ0) is 13.5. The standard InChI is InChI=1S/C15H11N4P/c20-14-8-17-5-3-10(14)12-2-1-9-11-7-16-6-4-13(11)19-15(9)18-12/h1-8H,20H2,(H,18,19). The van der Waals surface area contributed by atoms with Gasteiger partial charge in [0.1, 0.15) is 5.65 Å². The van der Waals surface area contributed by atoms with E-state index in [0.717, 1.165) is 38.5 Å². The SMILES string of the molecule is Pc1cnccc1-c1ccc2c(n1)[nH]c1ccncc12. The quantitative estimate of drug-likeness (QED) is 0.545. The van der Waals surface area contributed by atoms with Gasteiger partial charge in [0.2, 0.25) is 0 Å². The van der Waals surface area contributed by atoms with E-state index in [1.807, 2.05) is 30.6 Å². The number of rotatable bonds is 1. The van der Waals surface area contributed by atoms with Crippen molar-refractivity contribution in [3.63, 3.8) is 0 Å². The summed E-state index contributed by atoms with van der Waals surface area (Å²) in [5, 5.41) is 3.23. The molecule has 0 aromatic carbocycles. The highest BCUT2D eigenvalue weighted by Crippen LogP contribution is 2.26. The van der Waals surface area contributed by atoms with E-state index >= 15 is 0 Å². The minimum Gasteiger partial charge on any atom is -0.339 e. The fraction of sp³-hybridized carbons (Fsp3) is 0. The van der Waals surface area contributed by atoms with Crippen LogP contribution in [-0.2, 0) is 0 Å². The van der Waals surface area contributed by atoms with Gasteiger partial charge in [-0.1, -0.05) is 0 Å². The molecule has 1 atom stereocenters. The average Bonchev–Trinajstić information content (AvgIpc) is 2.85. The summed E-state index contributed by atoms with van der Waals surface area (Å²) in [6, 6.07) is 8.05. The molecule has 0 saturated heterocycles. The minimum absolute atomic E-state index is 0.881. The first-order valence-electron chi connectivity index (χ1n) is 6.25. The lowest BCUT2D eigenvalue weighted by atomic mass is 10.1. The van der Waals surface area contributed by atoms with Crippen molar-refractivity contribution in [1.82, 2.24) is 19.9 Å². The number of aromatic nitrogens is 4. The molecule has 0 spiro atoms. The molecule has 4 heterocycles. The Balaban J connectivity index is 2.00. The van der Waals surface area contributed by atoms with Gasteiger partial charge in [-0.25, -0.2) is 4.98 Å². The second-order valence-electron chi connectivity index (χ2n) is 4.60. The molecule has 4 aromatic heterocycles. The third-order valence-electron chi connectivity index (χ3n) is 3.39. The van der Waals surface area contributed by atoms with Crippen molar-refractivity contribution in [2.24, 2.45) is 0 Å². The van der Waals surface area contributed by atoms with Crippen LogP contribution in [-0.4, -0.2) is 19.9 Å². The first-order chi connectivity index (χ1) is 9.83. The lowest BCUT2D eigenvalue weighted by Gasteiger charge is -2.03. The van der Waals surface area contributed by atoms with Crippen molar-refractivity contribution < 1.29 is 0 Å². The van der Waals surface area contributed by atoms with Crippen molar-refractivity contribution in [3.8, 4) is 11.3 Å². The molecule has 1 N–H and O–H groups in total. The third-order valence-corrected chi connectivity index (χ3v) is 3.85. The number of H-pyrrole nitrogens is 1. The van der Waals surface area contributed by atoms with E-state index in [2.05, 4.69) is 30.3 Å². The molecule has 96 valence electrons. The molecule has 0 saturated carbocycles. The van der Waals surface area contributed by atoms with Gasteiger partial charge >= 0.3 is 0 Å². The molecule has 4 aromatic rings. The summed E-state index contributed by atoms with van der Waals surface area (Å²) in [6.07, 6.45) is 7.25. The highest BCUT2D eigenvalue weighted by Gasteiger charge is 2.08. The molecule has 0 aliphatic carbocycles. The van der Waals surface area contributed by atoms with Crippen molar-refractivity contribution in [3.05, 3.63) is 49.1 Å². The molecule has 5 heteroatoms. The second kappa shape index (κ2) is 4.36. The first kappa shape index (κ1) is 11.5. The molecule has 4 nitrogen and oxygen atoms in total. The van der Waals surface area contributed by atoms with Gasteiger partial charge < -0.3 is 4.98 Å². The molecule has 0 aliphatic rings. The summed E-state index contributed by atoms with van der Waals surface area (Å²) < 4.78 is 0. The summed E-state index contributed by atoms with van der Waals surface area (Å²) in [6.45, 7) is 0. The van der Waals surface area contributed by atoms with Crippen LogP contribution in [0.1, 0.15) is 0 Å². The van der Waals surface area contributed by atoms with Crippen LogP contribution in [0.2, 0.25) is 0 Å². The molecule has 0 bridgehead atoms. The lowest BCUT2D eigenvalue weighted by molar-refractivity contribution is 1.31. The van der Waals surface area contributed by atoms with Crippen molar-refractivity contribution in [2.45, 2.75) is 0 Å². The van der Waals surface area contributed by atoms with Gasteiger partial charge in [0, 0.05) is 41.1 Å². The fourth-order valence-electron chi connectivity index (χ4n) is 2.41. The first-order valence-corrected chi connectivity index (χ1v) is 6.83. The maximum absolute atomic E-state index is 4.72. The van der Waals surface area contributed by atoms with Crippen LogP contribution >= 0.6 is 9.24 Å². The van der Waals surface area contributed by atoms with E-state index in [0.29, 0.717) is 0 Å². The number of pyridine rings is 3. The molecular weight excluding hydrogens is 267 g/mol. The Morgan fingerprint density at radius 2 is 1.75 bits per heavy atom.